The summed E-state index contributed by atoms with van der Waals surface area (Å²) in [4.78, 5) is 27.0. The number of benzene rings is 2. The van der Waals surface area contributed by atoms with Crippen LogP contribution in [0.2, 0.25) is 0 Å². The van der Waals surface area contributed by atoms with E-state index in [0.29, 0.717) is 18.2 Å². The number of nitrogens with one attached hydrogen (secondary N) is 1. The molecule has 0 spiro atoms. The van der Waals surface area contributed by atoms with Gasteiger partial charge in [-0.3, -0.25) is 14.5 Å². The van der Waals surface area contributed by atoms with Gasteiger partial charge in [0.15, 0.2) is 6.67 Å². The third kappa shape index (κ3) is 3.10. The fourth-order valence-electron chi connectivity index (χ4n) is 3.10. The van der Waals surface area contributed by atoms with E-state index >= 15 is 0 Å². The number of anilines is 1. The van der Waals surface area contributed by atoms with E-state index in [1.807, 2.05) is 19.2 Å². The Morgan fingerprint density at radius 3 is 2.33 bits per heavy atom. The lowest BCUT2D eigenvalue weighted by Crippen LogP contribution is -3.09. The first-order valence-corrected chi connectivity index (χ1v) is 8.32. The number of carbonyl (C=O) groups is 2. The molecule has 0 fully saturated rings. The second kappa shape index (κ2) is 6.57. The number of rotatable bonds is 5. The molecule has 4 nitrogen and oxygen atoms in total. The second-order valence-corrected chi connectivity index (χ2v) is 6.77. The number of ketones is 1. The van der Waals surface area contributed by atoms with Gasteiger partial charge in [0.25, 0.3) is 5.78 Å². The lowest BCUT2D eigenvalue weighted by Gasteiger charge is -2.22. The SMILES string of the molecule is CC(C)c1ccc(C[NH+](C)CN2C(=O)C(=O)c3ccccc32)cc1. The number of fused-ring (bicyclic) bond motifs is 1. The first-order valence-electron chi connectivity index (χ1n) is 8.32. The molecule has 2 aromatic carbocycles. The molecule has 1 heterocycles. The minimum Gasteiger partial charge on any atom is -0.316 e. The highest BCUT2D eigenvalue weighted by Gasteiger charge is 2.36. The van der Waals surface area contributed by atoms with Crippen molar-refractivity contribution in [1.29, 1.82) is 0 Å². The Morgan fingerprint density at radius 2 is 1.67 bits per heavy atom. The summed E-state index contributed by atoms with van der Waals surface area (Å²) in [6.07, 6.45) is 0. The zero-order valence-corrected chi connectivity index (χ0v) is 14.4. The number of nitrogens with zero attached hydrogens (tertiary/aromatic N) is 1. The van der Waals surface area contributed by atoms with Gasteiger partial charge in [-0.1, -0.05) is 50.2 Å². The van der Waals surface area contributed by atoms with Crippen molar-refractivity contribution in [3.8, 4) is 0 Å². The maximum atomic E-state index is 12.2. The molecule has 1 aliphatic heterocycles. The van der Waals surface area contributed by atoms with Gasteiger partial charge in [-0.2, -0.15) is 0 Å². The maximum absolute atomic E-state index is 12.2. The molecule has 0 saturated heterocycles. The summed E-state index contributed by atoms with van der Waals surface area (Å²) < 4.78 is 0. The molecule has 0 radical (unpaired) electrons. The maximum Gasteiger partial charge on any atom is 0.303 e. The van der Waals surface area contributed by atoms with E-state index in [2.05, 4.69) is 38.1 Å². The molecule has 0 bridgehead atoms. The average molecular weight is 323 g/mol. The molecule has 124 valence electrons. The van der Waals surface area contributed by atoms with Crippen LogP contribution in [0, 0.1) is 0 Å². The Hall–Kier alpha value is -2.46. The standard InChI is InChI=1S/C20H22N2O2/c1-14(2)16-10-8-15(9-11-16)12-21(3)13-22-18-7-5-4-6-17(18)19(23)20(22)24/h4-11,14H,12-13H2,1-3H3/p+1. The monoisotopic (exact) mass is 323 g/mol. The minimum absolute atomic E-state index is 0.403. The molecule has 3 rings (SSSR count). The number of Topliss-reactive ketones (excluding diaryl/α,β-unsaturated/α-hetero) is 1. The Morgan fingerprint density at radius 1 is 1.00 bits per heavy atom. The largest absolute Gasteiger partial charge is 0.316 e. The Balaban J connectivity index is 1.70. The summed E-state index contributed by atoms with van der Waals surface area (Å²) in [5, 5.41) is 0. The number of quaternary nitrogens is 1. The fourth-order valence-corrected chi connectivity index (χ4v) is 3.10. The van der Waals surface area contributed by atoms with Crippen LogP contribution in [-0.4, -0.2) is 25.4 Å². The van der Waals surface area contributed by atoms with Crippen molar-refractivity contribution in [2.75, 3.05) is 18.6 Å². The van der Waals surface area contributed by atoms with Gasteiger partial charge in [0.05, 0.1) is 18.3 Å². The van der Waals surface area contributed by atoms with Gasteiger partial charge in [-0.05, 0) is 23.6 Å². The van der Waals surface area contributed by atoms with E-state index in [4.69, 9.17) is 0 Å². The lowest BCUT2D eigenvalue weighted by atomic mass is 10.0. The number of carbonyl (C=O) groups excluding carboxylic acids is 2. The Labute approximate surface area is 142 Å². The number of hydrogen-bond donors (Lipinski definition) is 1. The molecular formula is C20H23N2O2+. The van der Waals surface area contributed by atoms with Gasteiger partial charge in [-0.25, -0.2) is 0 Å². The first kappa shape index (κ1) is 16.4. The molecule has 0 saturated carbocycles. The van der Waals surface area contributed by atoms with Crippen molar-refractivity contribution >= 4 is 17.4 Å². The molecule has 1 atom stereocenters. The van der Waals surface area contributed by atoms with Crippen molar-refractivity contribution in [1.82, 2.24) is 0 Å². The van der Waals surface area contributed by atoms with Gasteiger partial charge in [0, 0.05) is 5.56 Å². The van der Waals surface area contributed by atoms with Crippen molar-refractivity contribution in [3.05, 3.63) is 65.2 Å². The van der Waals surface area contributed by atoms with Crippen LogP contribution in [0.4, 0.5) is 5.69 Å². The summed E-state index contributed by atoms with van der Waals surface area (Å²) >= 11 is 0. The predicted octanol–water partition coefficient (Wildman–Crippen LogP) is 2.01. The summed E-state index contributed by atoms with van der Waals surface area (Å²) in [6.45, 7) is 5.64. The van der Waals surface area contributed by atoms with Crippen LogP contribution in [-0.2, 0) is 11.3 Å². The zero-order chi connectivity index (χ0) is 17.3. The molecule has 1 aliphatic rings. The smallest absolute Gasteiger partial charge is 0.303 e. The van der Waals surface area contributed by atoms with Gasteiger partial charge >= 0.3 is 5.91 Å². The third-order valence-electron chi connectivity index (χ3n) is 4.46. The molecule has 0 aliphatic carbocycles. The molecule has 24 heavy (non-hydrogen) atoms. The predicted molar refractivity (Wildman–Crippen MR) is 94.2 cm³/mol. The van der Waals surface area contributed by atoms with Crippen LogP contribution in [0.1, 0.15) is 41.3 Å². The van der Waals surface area contributed by atoms with E-state index in [0.717, 1.165) is 17.1 Å². The highest BCUT2D eigenvalue weighted by Crippen LogP contribution is 2.27. The molecule has 1 unspecified atom stereocenters. The van der Waals surface area contributed by atoms with Crippen LogP contribution in [0.25, 0.3) is 0 Å². The number of para-hydroxylation sites is 1. The molecule has 1 N–H and O–H groups in total. The Bertz CT molecular complexity index is 765. The van der Waals surface area contributed by atoms with Gasteiger partial charge in [-0.15, -0.1) is 0 Å². The van der Waals surface area contributed by atoms with E-state index in [1.54, 1.807) is 17.0 Å². The van der Waals surface area contributed by atoms with Crippen LogP contribution in [0.3, 0.4) is 0 Å². The van der Waals surface area contributed by atoms with E-state index < -0.39 is 11.7 Å². The fraction of sp³-hybridized carbons (Fsp3) is 0.300. The zero-order valence-electron chi connectivity index (χ0n) is 14.4. The summed E-state index contributed by atoms with van der Waals surface area (Å²) in [6, 6.07) is 15.8. The van der Waals surface area contributed by atoms with Crippen molar-refractivity contribution < 1.29 is 14.5 Å². The summed E-state index contributed by atoms with van der Waals surface area (Å²) in [5.41, 5.74) is 3.78. The minimum atomic E-state index is -0.425. The van der Waals surface area contributed by atoms with Gasteiger partial charge in [0.2, 0.25) is 0 Å². The Kier molecular flexibility index (Phi) is 4.49. The quantitative estimate of drug-likeness (QED) is 0.855. The highest BCUT2D eigenvalue weighted by atomic mass is 16.2. The van der Waals surface area contributed by atoms with Crippen LogP contribution in [0.15, 0.2) is 48.5 Å². The topological polar surface area (TPSA) is 41.8 Å². The molecule has 0 aromatic heterocycles. The van der Waals surface area contributed by atoms with Gasteiger partial charge in [0.1, 0.15) is 6.54 Å². The third-order valence-corrected chi connectivity index (χ3v) is 4.46. The van der Waals surface area contributed by atoms with E-state index in [-0.39, 0.29) is 0 Å². The molecule has 1 amide bonds. The summed E-state index contributed by atoms with van der Waals surface area (Å²) in [7, 11) is 2.04. The first-order chi connectivity index (χ1) is 11.5. The highest BCUT2D eigenvalue weighted by molar-refractivity contribution is 6.52. The summed E-state index contributed by atoms with van der Waals surface area (Å²) in [5.74, 6) is -0.306. The molecule has 2 aromatic rings. The van der Waals surface area contributed by atoms with E-state index in [1.165, 1.54) is 11.1 Å². The van der Waals surface area contributed by atoms with Gasteiger partial charge < -0.3 is 4.90 Å². The van der Waals surface area contributed by atoms with Crippen molar-refractivity contribution in [3.63, 3.8) is 0 Å². The van der Waals surface area contributed by atoms with Crippen molar-refractivity contribution in [2.24, 2.45) is 0 Å². The molecule has 4 heteroatoms. The normalized spacial score (nSPS) is 15.1. The average Bonchev–Trinajstić information content (AvgIpc) is 2.81. The molecular weight excluding hydrogens is 300 g/mol. The van der Waals surface area contributed by atoms with Crippen LogP contribution >= 0.6 is 0 Å². The second-order valence-electron chi connectivity index (χ2n) is 6.77. The number of hydrogen-bond acceptors (Lipinski definition) is 2. The lowest BCUT2D eigenvalue weighted by molar-refractivity contribution is -0.892. The van der Waals surface area contributed by atoms with Crippen LogP contribution in [0.5, 0.6) is 0 Å². The van der Waals surface area contributed by atoms with Crippen molar-refractivity contribution in [2.45, 2.75) is 26.3 Å². The van der Waals surface area contributed by atoms with Crippen LogP contribution < -0.4 is 9.80 Å². The number of amides is 1. The van der Waals surface area contributed by atoms with E-state index in [9.17, 15) is 9.59 Å².